The van der Waals surface area contributed by atoms with E-state index in [-0.39, 0.29) is 11.3 Å². The number of nitrogens with zero attached hydrogens (tertiary/aromatic N) is 2. The second kappa shape index (κ2) is 5.01. The van der Waals surface area contributed by atoms with E-state index < -0.39 is 5.63 Å². The van der Waals surface area contributed by atoms with Gasteiger partial charge in [-0.1, -0.05) is 12.1 Å². The van der Waals surface area contributed by atoms with Gasteiger partial charge in [0.05, 0.1) is 17.1 Å². The van der Waals surface area contributed by atoms with Crippen LogP contribution in [-0.2, 0) is 0 Å². The molecule has 0 radical (unpaired) electrons. The summed E-state index contributed by atoms with van der Waals surface area (Å²) in [5.74, 6) is 0.246. The Hall–Kier alpha value is -2.69. The molecule has 2 aromatic rings. The van der Waals surface area contributed by atoms with Gasteiger partial charge in [-0.3, -0.25) is 4.99 Å². The molecule has 0 spiro atoms. The maximum Gasteiger partial charge on any atom is 0.348 e. The minimum absolute atomic E-state index is 0.104. The van der Waals surface area contributed by atoms with Gasteiger partial charge in [-0.2, -0.15) is 0 Å². The molecule has 1 aliphatic heterocycles. The van der Waals surface area contributed by atoms with Crippen LogP contribution in [0.2, 0.25) is 0 Å². The minimum atomic E-state index is -0.585. The van der Waals surface area contributed by atoms with Crippen LogP contribution in [0.25, 0.3) is 0 Å². The normalized spacial score (nSPS) is 14.0. The molecule has 2 heterocycles. The molecule has 3 rings (SSSR count). The first-order valence-electron chi connectivity index (χ1n) is 6.59. The Morgan fingerprint density at radius 1 is 1.14 bits per heavy atom. The predicted molar refractivity (Wildman–Crippen MR) is 81.4 cm³/mol. The van der Waals surface area contributed by atoms with E-state index in [0.29, 0.717) is 23.6 Å². The summed E-state index contributed by atoms with van der Waals surface area (Å²) in [4.78, 5) is 21.0. The quantitative estimate of drug-likeness (QED) is 0.872. The number of rotatable bonds is 1. The smallest absolute Gasteiger partial charge is 0.348 e. The van der Waals surface area contributed by atoms with Crippen molar-refractivity contribution < 1.29 is 9.52 Å². The number of hydrogen-bond acceptors (Lipinski definition) is 5. The lowest BCUT2D eigenvalue weighted by Crippen LogP contribution is -2.17. The lowest BCUT2D eigenvalue weighted by molar-refractivity contribution is 0.432. The molecule has 21 heavy (non-hydrogen) atoms. The highest BCUT2D eigenvalue weighted by Crippen LogP contribution is 2.32. The molecule has 0 amide bonds. The molecule has 0 unspecified atom stereocenters. The molecule has 0 aliphatic carbocycles. The first-order valence-corrected chi connectivity index (χ1v) is 6.59. The van der Waals surface area contributed by atoms with E-state index in [1.165, 1.54) is 6.07 Å². The molecule has 0 fully saturated rings. The Balaban J connectivity index is 2.23. The van der Waals surface area contributed by atoms with Crippen LogP contribution in [0.1, 0.15) is 24.7 Å². The van der Waals surface area contributed by atoms with Crippen molar-refractivity contribution in [1.82, 2.24) is 0 Å². The average Bonchev–Trinajstić information content (AvgIpc) is 2.55. The third-order valence-electron chi connectivity index (χ3n) is 3.21. The molecule has 0 bridgehead atoms. The molecule has 1 aromatic heterocycles. The molecule has 0 atom stereocenters. The van der Waals surface area contributed by atoms with Gasteiger partial charge in [-0.25, -0.2) is 9.79 Å². The SMILES string of the molecule is CC1=Nc2ccccc2N=C(c2c(O)cc(C)oc2=O)C1. The van der Waals surface area contributed by atoms with E-state index in [1.54, 1.807) is 6.92 Å². The molecule has 1 N–H and O–H groups in total. The Morgan fingerprint density at radius 3 is 2.48 bits per heavy atom. The molecular formula is C16H14N2O3. The molecule has 106 valence electrons. The largest absolute Gasteiger partial charge is 0.507 e. The second-order valence-electron chi connectivity index (χ2n) is 4.98. The van der Waals surface area contributed by atoms with Gasteiger partial charge in [-0.15, -0.1) is 0 Å². The van der Waals surface area contributed by atoms with Crippen LogP contribution in [0, 0.1) is 6.92 Å². The fourth-order valence-corrected chi connectivity index (χ4v) is 2.33. The first-order chi connectivity index (χ1) is 10.0. The number of hydrogen-bond donors (Lipinski definition) is 1. The molecule has 5 nitrogen and oxygen atoms in total. The highest BCUT2D eigenvalue weighted by Gasteiger charge is 2.19. The van der Waals surface area contributed by atoms with Gasteiger partial charge in [0.1, 0.15) is 17.1 Å². The number of benzene rings is 1. The Labute approximate surface area is 121 Å². The number of para-hydroxylation sites is 2. The predicted octanol–water partition coefficient (Wildman–Crippen LogP) is 3.27. The highest BCUT2D eigenvalue weighted by atomic mass is 16.4. The van der Waals surface area contributed by atoms with E-state index in [0.717, 1.165) is 11.4 Å². The summed E-state index contributed by atoms with van der Waals surface area (Å²) in [6.45, 7) is 3.48. The molecule has 1 aliphatic rings. The van der Waals surface area contributed by atoms with Crippen molar-refractivity contribution in [2.24, 2.45) is 9.98 Å². The number of aromatic hydroxyl groups is 1. The van der Waals surface area contributed by atoms with Crippen LogP contribution in [0.3, 0.4) is 0 Å². The lowest BCUT2D eigenvalue weighted by Gasteiger charge is -2.06. The third kappa shape index (κ3) is 2.50. The maximum absolute atomic E-state index is 12.0. The summed E-state index contributed by atoms with van der Waals surface area (Å²) in [7, 11) is 0. The topological polar surface area (TPSA) is 75.2 Å². The second-order valence-corrected chi connectivity index (χ2v) is 4.98. The third-order valence-corrected chi connectivity index (χ3v) is 3.21. The molecule has 5 heteroatoms. The summed E-state index contributed by atoms with van der Waals surface area (Å²) in [5.41, 5.74) is 2.22. The van der Waals surface area contributed by atoms with Crippen molar-refractivity contribution in [3.63, 3.8) is 0 Å². The number of aryl methyl sites for hydroxylation is 1. The van der Waals surface area contributed by atoms with E-state index in [4.69, 9.17) is 4.42 Å². The van der Waals surface area contributed by atoms with E-state index >= 15 is 0 Å². The van der Waals surface area contributed by atoms with Crippen molar-refractivity contribution in [3.05, 3.63) is 52.1 Å². The Bertz CT molecular complexity index is 832. The highest BCUT2D eigenvalue weighted by molar-refractivity contribution is 6.15. The van der Waals surface area contributed by atoms with Crippen LogP contribution in [0.4, 0.5) is 11.4 Å². The Morgan fingerprint density at radius 2 is 1.81 bits per heavy atom. The zero-order valence-corrected chi connectivity index (χ0v) is 11.8. The molecule has 1 aromatic carbocycles. The van der Waals surface area contributed by atoms with Gasteiger partial charge in [0.15, 0.2) is 0 Å². The van der Waals surface area contributed by atoms with Crippen molar-refractivity contribution in [1.29, 1.82) is 0 Å². The summed E-state index contributed by atoms with van der Waals surface area (Å²) < 4.78 is 5.07. The lowest BCUT2D eigenvalue weighted by atomic mass is 10.1. The van der Waals surface area contributed by atoms with E-state index in [2.05, 4.69) is 9.98 Å². The van der Waals surface area contributed by atoms with Crippen molar-refractivity contribution in [2.75, 3.05) is 0 Å². The zero-order valence-electron chi connectivity index (χ0n) is 11.8. The van der Waals surface area contributed by atoms with Gasteiger partial charge < -0.3 is 9.52 Å². The maximum atomic E-state index is 12.0. The Kier molecular flexibility index (Phi) is 3.17. The van der Waals surface area contributed by atoms with Crippen LogP contribution >= 0.6 is 0 Å². The fraction of sp³-hybridized carbons (Fsp3) is 0.188. The summed E-state index contributed by atoms with van der Waals surface area (Å²) >= 11 is 0. The van der Waals surface area contributed by atoms with E-state index in [1.807, 2.05) is 31.2 Å². The zero-order chi connectivity index (χ0) is 15.0. The van der Waals surface area contributed by atoms with Crippen LogP contribution < -0.4 is 5.63 Å². The summed E-state index contributed by atoms with van der Waals surface area (Å²) in [5, 5.41) is 10.1. The first kappa shape index (κ1) is 13.3. The van der Waals surface area contributed by atoms with Crippen LogP contribution in [-0.4, -0.2) is 16.5 Å². The summed E-state index contributed by atoms with van der Waals surface area (Å²) in [6.07, 6.45) is 0.385. The minimum Gasteiger partial charge on any atom is -0.507 e. The fourth-order valence-electron chi connectivity index (χ4n) is 2.33. The summed E-state index contributed by atoms with van der Waals surface area (Å²) in [6, 6.07) is 8.84. The standard InChI is InChI=1S/C16H14N2O3/c1-9-7-13(15-14(19)8-10(2)21-16(15)20)18-12-6-4-3-5-11(12)17-9/h3-6,8,19H,7H2,1-2H3. The number of fused-ring (bicyclic) bond motifs is 1. The molecular weight excluding hydrogens is 268 g/mol. The molecule has 0 saturated carbocycles. The number of aliphatic imine (C=N–C) groups is 2. The van der Waals surface area contributed by atoms with Crippen LogP contribution in [0.5, 0.6) is 5.75 Å². The van der Waals surface area contributed by atoms with Gasteiger partial charge in [0, 0.05) is 18.2 Å². The van der Waals surface area contributed by atoms with E-state index in [9.17, 15) is 9.90 Å². The van der Waals surface area contributed by atoms with Crippen molar-refractivity contribution in [3.8, 4) is 5.75 Å². The van der Waals surface area contributed by atoms with Crippen LogP contribution in [0.15, 0.2) is 49.5 Å². The van der Waals surface area contributed by atoms with Crippen molar-refractivity contribution >= 4 is 22.8 Å². The monoisotopic (exact) mass is 282 g/mol. The van der Waals surface area contributed by atoms with Gasteiger partial charge in [0.25, 0.3) is 0 Å². The molecule has 0 saturated heterocycles. The average molecular weight is 282 g/mol. The van der Waals surface area contributed by atoms with Crippen molar-refractivity contribution in [2.45, 2.75) is 20.3 Å². The van der Waals surface area contributed by atoms with Gasteiger partial charge in [-0.05, 0) is 26.0 Å². The van der Waals surface area contributed by atoms with Gasteiger partial charge in [0.2, 0.25) is 0 Å². The van der Waals surface area contributed by atoms with Gasteiger partial charge >= 0.3 is 5.63 Å².